The van der Waals surface area contributed by atoms with Crippen molar-refractivity contribution in [1.82, 2.24) is 15.5 Å². The zero-order valence-electron chi connectivity index (χ0n) is 15.4. The maximum absolute atomic E-state index is 12.0. The van der Waals surface area contributed by atoms with Crippen LogP contribution in [0.4, 0.5) is 0 Å². The first-order chi connectivity index (χ1) is 13.0. The average molecular weight is 391 g/mol. The molecule has 3 rings (SSSR count). The maximum atomic E-state index is 12.0. The molecule has 1 fully saturated rings. The molecule has 27 heavy (non-hydrogen) atoms. The summed E-state index contributed by atoms with van der Waals surface area (Å²) in [5, 5.41) is 16.9. The molecule has 0 spiro atoms. The third-order valence-electron chi connectivity index (χ3n) is 4.57. The highest BCUT2D eigenvalue weighted by Crippen LogP contribution is 2.32. The molecule has 7 nitrogen and oxygen atoms in total. The van der Waals surface area contributed by atoms with Gasteiger partial charge in [-0.05, 0) is 24.4 Å². The lowest BCUT2D eigenvalue weighted by atomic mass is 10.0. The molecule has 3 N–H and O–H groups in total. The van der Waals surface area contributed by atoms with Crippen molar-refractivity contribution in [2.75, 3.05) is 45.9 Å². The van der Waals surface area contributed by atoms with Gasteiger partial charge in [0.1, 0.15) is 5.60 Å². The molecule has 0 aliphatic carbocycles. The first-order valence-corrected chi connectivity index (χ1v) is 9.85. The molecule has 146 valence electrons. The predicted molar refractivity (Wildman–Crippen MR) is 105 cm³/mol. The Labute approximate surface area is 162 Å². The summed E-state index contributed by atoms with van der Waals surface area (Å²) in [6, 6.07) is 9.76. The van der Waals surface area contributed by atoms with Crippen molar-refractivity contribution in [3.63, 3.8) is 0 Å². The number of carbonyl (C=O) groups is 2. The van der Waals surface area contributed by atoms with Gasteiger partial charge in [-0.15, -0.1) is 11.3 Å². The van der Waals surface area contributed by atoms with Crippen molar-refractivity contribution in [3.05, 3.63) is 35.2 Å². The topological polar surface area (TPSA) is 90.9 Å². The van der Waals surface area contributed by atoms with Crippen molar-refractivity contribution in [1.29, 1.82) is 0 Å². The van der Waals surface area contributed by atoms with Gasteiger partial charge >= 0.3 is 11.8 Å². The Balaban J connectivity index is 1.46. The van der Waals surface area contributed by atoms with Gasteiger partial charge in [0.05, 0.1) is 19.8 Å². The van der Waals surface area contributed by atoms with E-state index < -0.39 is 17.4 Å². The number of morpholine rings is 1. The number of aliphatic hydroxyl groups is 1. The molecule has 1 aromatic heterocycles. The van der Waals surface area contributed by atoms with Gasteiger partial charge in [-0.25, -0.2) is 0 Å². The van der Waals surface area contributed by atoms with Crippen LogP contribution in [-0.4, -0.2) is 67.8 Å². The number of thiophene rings is 1. The van der Waals surface area contributed by atoms with Crippen LogP contribution < -0.4 is 10.6 Å². The van der Waals surface area contributed by atoms with Crippen LogP contribution in [0.2, 0.25) is 0 Å². The smallest absolute Gasteiger partial charge is 0.309 e. The van der Waals surface area contributed by atoms with E-state index in [0.717, 1.165) is 28.1 Å². The van der Waals surface area contributed by atoms with Gasteiger partial charge in [0.25, 0.3) is 0 Å². The summed E-state index contributed by atoms with van der Waals surface area (Å²) in [6.07, 6.45) is 0. The lowest BCUT2D eigenvalue weighted by molar-refractivity contribution is -0.139. The second-order valence-electron chi connectivity index (χ2n) is 6.81. The summed E-state index contributed by atoms with van der Waals surface area (Å²) >= 11 is 1.48. The standard InChI is InChI=1S/C19H25N3O4S/c1-19(25,16-12-14-4-2-3-5-15(14)27-16)13-21-18(24)17(23)20-6-7-22-8-10-26-11-9-22/h2-5,12,25H,6-11,13H2,1H3,(H,20,23)(H,21,24). The van der Waals surface area contributed by atoms with Crippen molar-refractivity contribution in [2.24, 2.45) is 0 Å². The van der Waals surface area contributed by atoms with Crippen LogP contribution in [0.3, 0.4) is 0 Å². The minimum absolute atomic E-state index is 0.0322. The molecule has 8 heteroatoms. The number of amides is 2. The monoisotopic (exact) mass is 391 g/mol. The molecule has 1 aliphatic rings. The van der Waals surface area contributed by atoms with Crippen LogP contribution in [0.25, 0.3) is 10.1 Å². The largest absolute Gasteiger partial charge is 0.383 e. The van der Waals surface area contributed by atoms with E-state index in [2.05, 4.69) is 15.5 Å². The van der Waals surface area contributed by atoms with E-state index in [4.69, 9.17) is 4.74 Å². The van der Waals surface area contributed by atoms with Gasteiger partial charge in [0, 0.05) is 35.8 Å². The van der Waals surface area contributed by atoms with Crippen LogP contribution in [0.15, 0.2) is 30.3 Å². The molecule has 1 aliphatic heterocycles. The number of benzene rings is 1. The lowest BCUT2D eigenvalue weighted by Gasteiger charge is -2.26. The Morgan fingerprint density at radius 1 is 1.22 bits per heavy atom. The summed E-state index contributed by atoms with van der Waals surface area (Å²) in [7, 11) is 0. The minimum Gasteiger partial charge on any atom is -0.383 e. The molecule has 0 radical (unpaired) electrons. The quantitative estimate of drug-likeness (QED) is 0.630. The fourth-order valence-corrected chi connectivity index (χ4v) is 4.01. The Morgan fingerprint density at radius 3 is 2.67 bits per heavy atom. The summed E-state index contributed by atoms with van der Waals surface area (Å²) < 4.78 is 6.34. The number of rotatable bonds is 6. The lowest BCUT2D eigenvalue weighted by Crippen LogP contribution is -2.47. The van der Waals surface area contributed by atoms with Crippen LogP contribution in [-0.2, 0) is 19.9 Å². The third-order valence-corrected chi connectivity index (χ3v) is 5.94. The molecule has 1 aromatic carbocycles. The van der Waals surface area contributed by atoms with Crippen molar-refractivity contribution >= 4 is 33.2 Å². The molecule has 2 heterocycles. The zero-order chi connectivity index (χ0) is 19.3. The highest BCUT2D eigenvalue weighted by Gasteiger charge is 2.27. The Kier molecular flexibility index (Phi) is 6.43. The Bertz CT molecular complexity index is 766. The zero-order valence-corrected chi connectivity index (χ0v) is 16.2. The van der Waals surface area contributed by atoms with Gasteiger partial charge in [0.15, 0.2) is 0 Å². The molecule has 1 atom stereocenters. The molecular formula is C19H25N3O4S. The van der Waals surface area contributed by atoms with Gasteiger partial charge in [-0.3, -0.25) is 14.5 Å². The van der Waals surface area contributed by atoms with Crippen molar-refractivity contribution in [3.8, 4) is 0 Å². The minimum atomic E-state index is -1.24. The number of hydrogen-bond acceptors (Lipinski definition) is 6. The van der Waals surface area contributed by atoms with Gasteiger partial charge in [-0.1, -0.05) is 18.2 Å². The second kappa shape index (κ2) is 8.79. The van der Waals surface area contributed by atoms with E-state index in [-0.39, 0.29) is 6.54 Å². The maximum Gasteiger partial charge on any atom is 0.309 e. The van der Waals surface area contributed by atoms with E-state index in [1.807, 2.05) is 30.3 Å². The molecule has 0 bridgehead atoms. The van der Waals surface area contributed by atoms with Gasteiger partial charge in [0.2, 0.25) is 0 Å². The number of ether oxygens (including phenoxy) is 1. The summed E-state index contributed by atoms with van der Waals surface area (Å²) in [4.78, 5) is 26.9. The van der Waals surface area contributed by atoms with E-state index in [0.29, 0.717) is 26.3 Å². The Morgan fingerprint density at radius 2 is 1.93 bits per heavy atom. The van der Waals surface area contributed by atoms with E-state index >= 15 is 0 Å². The third kappa shape index (κ3) is 5.26. The fraction of sp³-hybridized carbons (Fsp3) is 0.474. The summed E-state index contributed by atoms with van der Waals surface area (Å²) in [5.41, 5.74) is -1.24. The molecule has 2 aromatic rings. The average Bonchev–Trinajstić information content (AvgIpc) is 3.12. The van der Waals surface area contributed by atoms with Crippen molar-refractivity contribution < 1.29 is 19.4 Å². The van der Waals surface area contributed by atoms with Crippen LogP contribution in [0.5, 0.6) is 0 Å². The highest BCUT2D eigenvalue weighted by molar-refractivity contribution is 7.19. The normalized spacial score (nSPS) is 17.4. The number of fused-ring (bicyclic) bond motifs is 1. The number of carbonyl (C=O) groups excluding carboxylic acids is 2. The van der Waals surface area contributed by atoms with E-state index in [1.54, 1.807) is 6.92 Å². The number of hydrogen-bond donors (Lipinski definition) is 3. The molecular weight excluding hydrogens is 366 g/mol. The first-order valence-electron chi connectivity index (χ1n) is 9.03. The summed E-state index contributed by atoms with van der Waals surface area (Å²) in [6.45, 7) is 5.74. The van der Waals surface area contributed by atoms with E-state index in [1.165, 1.54) is 11.3 Å². The number of nitrogens with one attached hydrogen (secondary N) is 2. The molecule has 1 unspecified atom stereocenters. The second-order valence-corrected chi connectivity index (χ2v) is 7.90. The molecule has 0 saturated carbocycles. The highest BCUT2D eigenvalue weighted by atomic mass is 32.1. The van der Waals surface area contributed by atoms with E-state index in [9.17, 15) is 14.7 Å². The summed E-state index contributed by atoms with van der Waals surface area (Å²) in [5.74, 6) is -1.42. The molecule has 2 amide bonds. The van der Waals surface area contributed by atoms with Crippen LogP contribution in [0, 0.1) is 0 Å². The van der Waals surface area contributed by atoms with Crippen molar-refractivity contribution in [2.45, 2.75) is 12.5 Å². The fourth-order valence-electron chi connectivity index (χ4n) is 2.90. The van der Waals surface area contributed by atoms with Gasteiger partial charge in [-0.2, -0.15) is 0 Å². The molecule has 1 saturated heterocycles. The van der Waals surface area contributed by atoms with Crippen LogP contribution >= 0.6 is 11.3 Å². The Hall–Kier alpha value is -2.00. The number of nitrogens with zero attached hydrogens (tertiary/aromatic N) is 1. The van der Waals surface area contributed by atoms with Crippen LogP contribution in [0.1, 0.15) is 11.8 Å². The predicted octanol–water partition coefficient (Wildman–Crippen LogP) is 0.673. The first kappa shape index (κ1) is 19.8. The van der Waals surface area contributed by atoms with Gasteiger partial charge < -0.3 is 20.5 Å². The SMILES string of the molecule is CC(O)(CNC(=O)C(=O)NCCN1CCOCC1)c1cc2ccccc2s1.